The van der Waals surface area contributed by atoms with Crippen LogP contribution in [0.25, 0.3) is 0 Å². The van der Waals surface area contributed by atoms with E-state index in [1.54, 1.807) is 0 Å². The number of rotatable bonds is 31. The van der Waals surface area contributed by atoms with Crippen LogP contribution in [-0.4, -0.2) is 142 Å². The van der Waals surface area contributed by atoms with E-state index in [0.717, 1.165) is 57.8 Å². The van der Waals surface area contributed by atoms with Gasteiger partial charge in [0.1, 0.15) is 55.4 Å². The summed E-state index contributed by atoms with van der Waals surface area (Å²) in [5, 5.41) is 71.7. The summed E-state index contributed by atoms with van der Waals surface area (Å²) < 4.78 is 33.3. The summed E-state index contributed by atoms with van der Waals surface area (Å²) in [6.07, 6.45) is 14.6. The highest BCUT2D eigenvalue weighted by atomic mass is 16.7. The lowest BCUT2D eigenvalue weighted by atomic mass is 9.98. The SMILES string of the molecule is CC/C=C/C=C/C=C/C=C/CCCCCCCC(=O)O[C@H](COC(=O)CCCCCCCCCC)CO[C@@H]1O[C@H](CO[C@@H]2O[C@H](CO)[C@H](O)C(O)C2O)[C@H](O)C(O)C1O. The van der Waals surface area contributed by atoms with E-state index in [9.17, 15) is 45.3 Å². The Morgan fingerprint density at radius 2 is 1.07 bits per heavy atom. The zero-order chi connectivity index (χ0) is 43.3. The van der Waals surface area contributed by atoms with Gasteiger partial charge < -0.3 is 64.2 Å². The molecule has 7 N–H and O–H groups in total. The first-order chi connectivity index (χ1) is 28.5. The Hall–Kier alpha value is -2.54. The highest BCUT2D eigenvalue weighted by Crippen LogP contribution is 2.26. The second-order valence-corrected chi connectivity index (χ2v) is 15.2. The molecule has 15 heteroatoms. The molecule has 59 heavy (non-hydrogen) atoms. The summed E-state index contributed by atoms with van der Waals surface area (Å²) in [6, 6.07) is 0. The molecule has 0 aliphatic carbocycles. The van der Waals surface area contributed by atoms with Crippen LogP contribution in [0.1, 0.15) is 123 Å². The largest absolute Gasteiger partial charge is 0.462 e. The van der Waals surface area contributed by atoms with Crippen molar-refractivity contribution >= 4 is 11.9 Å². The summed E-state index contributed by atoms with van der Waals surface area (Å²) in [4.78, 5) is 25.5. The quantitative estimate of drug-likeness (QED) is 0.0297. The maximum atomic E-state index is 12.9. The third-order valence-corrected chi connectivity index (χ3v) is 10.2. The molecule has 2 rings (SSSR count). The molecule has 0 saturated carbocycles. The molecule has 0 aromatic rings. The van der Waals surface area contributed by atoms with Gasteiger partial charge in [-0.1, -0.05) is 127 Å². The van der Waals surface area contributed by atoms with Crippen molar-refractivity contribution in [2.24, 2.45) is 0 Å². The van der Waals surface area contributed by atoms with Crippen LogP contribution in [-0.2, 0) is 38.0 Å². The molecule has 340 valence electrons. The molecule has 2 aliphatic heterocycles. The molecule has 0 aromatic carbocycles. The van der Waals surface area contributed by atoms with Gasteiger partial charge in [0, 0.05) is 12.8 Å². The Morgan fingerprint density at radius 3 is 1.68 bits per heavy atom. The molecular formula is C44H74O15. The third kappa shape index (κ3) is 21.7. The van der Waals surface area contributed by atoms with Gasteiger partial charge in [0.25, 0.3) is 0 Å². The van der Waals surface area contributed by atoms with Gasteiger partial charge in [-0.25, -0.2) is 0 Å². The predicted octanol–water partition coefficient (Wildman–Crippen LogP) is 3.98. The first-order valence-electron chi connectivity index (χ1n) is 21.8. The smallest absolute Gasteiger partial charge is 0.306 e. The molecule has 0 amide bonds. The number of aliphatic hydroxyl groups excluding tert-OH is 7. The van der Waals surface area contributed by atoms with Crippen LogP contribution in [0.5, 0.6) is 0 Å². The van der Waals surface area contributed by atoms with Gasteiger partial charge in [-0.3, -0.25) is 9.59 Å². The molecular weight excluding hydrogens is 768 g/mol. The molecule has 0 bridgehead atoms. The van der Waals surface area contributed by atoms with E-state index in [0.29, 0.717) is 12.8 Å². The van der Waals surface area contributed by atoms with Crippen molar-refractivity contribution in [1.82, 2.24) is 0 Å². The molecule has 4 unspecified atom stereocenters. The van der Waals surface area contributed by atoms with E-state index in [4.69, 9.17) is 28.4 Å². The molecule has 15 nitrogen and oxygen atoms in total. The van der Waals surface area contributed by atoms with Gasteiger partial charge in [0.2, 0.25) is 0 Å². The van der Waals surface area contributed by atoms with E-state index in [2.05, 4.69) is 26.0 Å². The van der Waals surface area contributed by atoms with Gasteiger partial charge in [-0.05, 0) is 32.1 Å². The lowest BCUT2D eigenvalue weighted by Gasteiger charge is -2.42. The molecule has 2 aliphatic rings. The van der Waals surface area contributed by atoms with Gasteiger partial charge in [0.05, 0.1) is 19.8 Å². The Balaban J connectivity index is 1.88. The number of carbonyl (C=O) groups excluding carboxylic acids is 2. The molecule has 0 radical (unpaired) electrons. The molecule has 2 saturated heterocycles. The Labute approximate surface area is 350 Å². The van der Waals surface area contributed by atoms with Crippen LogP contribution < -0.4 is 0 Å². The van der Waals surface area contributed by atoms with Crippen molar-refractivity contribution in [3.63, 3.8) is 0 Å². The van der Waals surface area contributed by atoms with Crippen LogP contribution in [0, 0.1) is 0 Å². The Morgan fingerprint density at radius 1 is 0.559 bits per heavy atom. The van der Waals surface area contributed by atoms with Crippen molar-refractivity contribution in [3.05, 3.63) is 48.6 Å². The van der Waals surface area contributed by atoms with Gasteiger partial charge in [-0.15, -0.1) is 0 Å². The van der Waals surface area contributed by atoms with Crippen molar-refractivity contribution in [2.45, 2.75) is 191 Å². The maximum Gasteiger partial charge on any atom is 0.306 e. The number of carbonyl (C=O) groups is 2. The molecule has 0 spiro atoms. The topological polar surface area (TPSA) is 231 Å². The fourth-order valence-corrected chi connectivity index (χ4v) is 6.52. The van der Waals surface area contributed by atoms with Crippen molar-refractivity contribution in [3.8, 4) is 0 Å². The lowest BCUT2D eigenvalue weighted by molar-refractivity contribution is -0.332. The summed E-state index contributed by atoms with van der Waals surface area (Å²) in [6.45, 7) is 2.35. The highest BCUT2D eigenvalue weighted by molar-refractivity contribution is 5.70. The summed E-state index contributed by atoms with van der Waals surface area (Å²) >= 11 is 0. The number of allylic oxidation sites excluding steroid dienone is 8. The zero-order valence-corrected chi connectivity index (χ0v) is 35.2. The number of ether oxygens (including phenoxy) is 6. The van der Waals surface area contributed by atoms with E-state index in [1.165, 1.54) is 25.7 Å². The summed E-state index contributed by atoms with van der Waals surface area (Å²) in [5.41, 5.74) is 0. The minimum absolute atomic E-state index is 0.138. The van der Waals surface area contributed by atoms with Crippen molar-refractivity contribution in [1.29, 1.82) is 0 Å². The van der Waals surface area contributed by atoms with E-state index in [1.807, 2.05) is 36.5 Å². The maximum absolute atomic E-state index is 12.9. The number of aliphatic hydroxyl groups is 7. The minimum Gasteiger partial charge on any atom is -0.462 e. The molecule has 2 fully saturated rings. The average Bonchev–Trinajstić information content (AvgIpc) is 3.23. The van der Waals surface area contributed by atoms with Crippen LogP contribution in [0.3, 0.4) is 0 Å². The lowest BCUT2D eigenvalue weighted by Crippen LogP contribution is -2.61. The number of unbranched alkanes of at least 4 members (excludes halogenated alkanes) is 12. The van der Waals surface area contributed by atoms with Crippen LogP contribution in [0.15, 0.2) is 48.6 Å². The summed E-state index contributed by atoms with van der Waals surface area (Å²) in [5.74, 6) is -0.962. The fourth-order valence-electron chi connectivity index (χ4n) is 6.52. The normalized spacial score (nSPS) is 28.3. The first kappa shape index (κ1) is 52.6. The van der Waals surface area contributed by atoms with Crippen LogP contribution in [0.2, 0.25) is 0 Å². The zero-order valence-electron chi connectivity index (χ0n) is 35.2. The fraction of sp³-hybridized carbons (Fsp3) is 0.773. The minimum atomic E-state index is -1.77. The Bertz CT molecular complexity index is 1220. The summed E-state index contributed by atoms with van der Waals surface area (Å²) in [7, 11) is 0. The van der Waals surface area contributed by atoms with E-state index in [-0.39, 0.29) is 19.4 Å². The monoisotopic (exact) mass is 843 g/mol. The van der Waals surface area contributed by atoms with E-state index < -0.39 is 99.3 Å². The van der Waals surface area contributed by atoms with Gasteiger partial charge in [-0.2, -0.15) is 0 Å². The number of hydrogen-bond donors (Lipinski definition) is 7. The van der Waals surface area contributed by atoms with Crippen molar-refractivity contribution in [2.75, 3.05) is 26.4 Å². The number of esters is 2. The van der Waals surface area contributed by atoms with Crippen LogP contribution in [0.4, 0.5) is 0 Å². The van der Waals surface area contributed by atoms with Gasteiger partial charge >= 0.3 is 11.9 Å². The molecule has 2 heterocycles. The van der Waals surface area contributed by atoms with Crippen molar-refractivity contribution < 1.29 is 73.8 Å². The van der Waals surface area contributed by atoms with E-state index >= 15 is 0 Å². The van der Waals surface area contributed by atoms with Crippen LogP contribution >= 0.6 is 0 Å². The second kappa shape index (κ2) is 32.2. The molecule has 11 atom stereocenters. The predicted molar refractivity (Wildman–Crippen MR) is 220 cm³/mol. The standard InChI is InChI=1S/C44H74O15/c1-3-5-7-9-11-13-14-15-16-17-18-19-21-23-25-27-36(47)57-32(29-54-35(46)26-24-22-20-12-10-8-6-4-2)30-55-43-42(53)40(51)38(49)34(59-43)31-56-44-41(52)39(50)37(48)33(28-45)58-44/h5,7,9,11,13-16,32-34,37-45,48-53H,3-4,6,8,10,12,17-31H2,1-2H3/b7-5+,11-9+,14-13+,16-15+/t32-,33-,34-,37+,38+,39?,40?,41?,42?,43-,44-/m1/s1. The second-order valence-electron chi connectivity index (χ2n) is 15.2. The molecule has 0 aromatic heterocycles. The Kier molecular flexibility index (Phi) is 28.7. The number of hydrogen-bond acceptors (Lipinski definition) is 15. The van der Waals surface area contributed by atoms with Gasteiger partial charge in [0.15, 0.2) is 18.7 Å². The first-order valence-corrected chi connectivity index (χ1v) is 21.8. The average molecular weight is 843 g/mol. The highest BCUT2D eigenvalue weighted by Gasteiger charge is 2.47. The third-order valence-electron chi connectivity index (χ3n) is 10.2.